The second-order valence-corrected chi connectivity index (χ2v) is 5.97. The Morgan fingerprint density at radius 3 is 2.61 bits per heavy atom. The summed E-state index contributed by atoms with van der Waals surface area (Å²) in [6.07, 6.45) is 0.874. The second kappa shape index (κ2) is 5.57. The van der Waals surface area contributed by atoms with Crippen LogP contribution >= 0.6 is 34.5 Å². The van der Waals surface area contributed by atoms with Gasteiger partial charge in [-0.3, -0.25) is 0 Å². The van der Waals surface area contributed by atoms with Gasteiger partial charge in [0, 0.05) is 21.5 Å². The maximum atomic E-state index is 6.20. The highest BCUT2D eigenvalue weighted by Gasteiger charge is 2.15. The van der Waals surface area contributed by atoms with Crippen LogP contribution in [0.5, 0.6) is 0 Å². The van der Waals surface area contributed by atoms with Gasteiger partial charge in [0.2, 0.25) is 0 Å². The predicted octanol–water partition coefficient (Wildman–Crippen LogP) is 4.70. The minimum absolute atomic E-state index is 0.00252. The Bertz CT molecular complexity index is 564. The Morgan fingerprint density at radius 1 is 1.39 bits per heavy atom. The van der Waals surface area contributed by atoms with E-state index in [2.05, 4.69) is 11.9 Å². The van der Waals surface area contributed by atoms with E-state index in [4.69, 9.17) is 28.9 Å². The number of benzene rings is 1. The van der Waals surface area contributed by atoms with E-state index in [1.807, 2.05) is 19.1 Å². The maximum Gasteiger partial charge on any atom is 0.125 e. The molecule has 2 nitrogen and oxygen atoms in total. The van der Waals surface area contributed by atoms with E-state index in [1.54, 1.807) is 17.4 Å². The Hall–Kier alpha value is -0.610. The first-order valence-corrected chi connectivity index (χ1v) is 7.30. The SMILES string of the molecule is CCc1nc(-c2ccc(Cl)cc2Cl)sc1C(C)N. The molecular formula is C13H14Cl2N2S. The molecule has 0 saturated carbocycles. The summed E-state index contributed by atoms with van der Waals surface area (Å²) in [5.74, 6) is 0. The zero-order chi connectivity index (χ0) is 13.3. The van der Waals surface area contributed by atoms with Gasteiger partial charge in [-0.05, 0) is 31.5 Å². The molecule has 0 aliphatic heterocycles. The first-order valence-electron chi connectivity index (χ1n) is 5.73. The van der Waals surface area contributed by atoms with Crippen LogP contribution in [0.1, 0.15) is 30.5 Å². The third-order valence-corrected chi connectivity index (χ3v) is 4.52. The van der Waals surface area contributed by atoms with E-state index >= 15 is 0 Å². The van der Waals surface area contributed by atoms with Gasteiger partial charge in [-0.1, -0.05) is 30.1 Å². The molecule has 1 unspecified atom stereocenters. The molecule has 2 aromatic rings. The third-order valence-electron chi connectivity index (χ3n) is 2.64. The molecule has 0 fully saturated rings. The largest absolute Gasteiger partial charge is 0.323 e. The number of aromatic nitrogens is 1. The molecule has 0 aliphatic rings. The van der Waals surface area contributed by atoms with Gasteiger partial charge >= 0.3 is 0 Å². The predicted molar refractivity (Wildman–Crippen MR) is 79.6 cm³/mol. The number of hydrogen-bond acceptors (Lipinski definition) is 3. The molecule has 0 amide bonds. The fourth-order valence-corrected chi connectivity index (χ4v) is 3.45. The van der Waals surface area contributed by atoms with E-state index in [-0.39, 0.29) is 6.04 Å². The minimum atomic E-state index is -0.00252. The topological polar surface area (TPSA) is 38.9 Å². The van der Waals surface area contributed by atoms with Crippen molar-refractivity contribution in [3.05, 3.63) is 38.8 Å². The van der Waals surface area contributed by atoms with Gasteiger partial charge in [0.25, 0.3) is 0 Å². The van der Waals surface area contributed by atoms with Crippen LogP contribution in [0.3, 0.4) is 0 Å². The molecule has 2 N–H and O–H groups in total. The summed E-state index contributed by atoms with van der Waals surface area (Å²) in [6.45, 7) is 4.05. The molecule has 0 aliphatic carbocycles. The Morgan fingerprint density at radius 2 is 2.11 bits per heavy atom. The van der Waals surface area contributed by atoms with Crippen molar-refractivity contribution < 1.29 is 0 Å². The van der Waals surface area contributed by atoms with Crippen LogP contribution in [0.4, 0.5) is 0 Å². The molecule has 5 heteroatoms. The molecule has 1 aromatic heterocycles. The van der Waals surface area contributed by atoms with Crippen LogP contribution < -0.4 is 5.73 Å². The summed E-state index contributed by atoms with van der Waals surface area (Å²) in [5.41, 5.74) is 7.92. The van der Waals surface area contributed by atoms with Crippen LogP contribution in [-0.2, 0) is 6.42 Å². The van der Waals surface area contributed by atoms with Gasteiger partial charge in [0.1, 0.15) is 5.01 Å². The Labute approximate surface area is 121 Å². The van der Waals surface area contributed by atoms with Crippen molar-refractivity contribution in [1.82, 2.24) is 4.98 Å². The summed E-state index contributed by atoms with van der Waals surface area (Å²) in [4.78, 5) is 5.75. The molecule has 1 atom stereocenters. The minimum Gasteiger partial charge on any atom is -0.323 e. The highest BCUT2D eigenvalue weighted by atomic mass is 35.5. The molecular weight excluding hydrogens is 287 g/mol. The Balaban J connectivity index is 2.51. The average molecular weight is 301 g/mol. The second-order valence-electron chi connectivity index (χ2n) is 4.10. The third kappa shape index (κ3) is 2.69. The van der Waals surface area contributed by atoms with Crippen molar-refractivity contribution in [1.29, 1.82) is 0 Å². The number of hydrogen-bond donors (Lipinski definition) is 1. The fraction of sp³-hybridized carbons (Fsp3) is 0.308. The number of aryl methyl sites for hydroxylation is 1. The summed E-state index contributed by atoms with van der Waals surface area (Å²) < 4.78 is 0. The molecule has 18 heavy (non-hydrogen) atoms. The van der Waals surface area contributed by atoms with Crippen molar-refractivity contribution >= 4 is 34.5 Å². The van der Waals surface area contributed by atoms with Gasteiger partial charge in [-0.2, -0.15) is 0 Å². The van der Waals surface area contributed by atoms with Crippen molar-refractivity contribution in [2.24, 2.45) is 5.73 Å². The van der Waals surface area contributed by atoms with E-state index < -0.39 is 0 Å². The van der Waals surface area contributed by atoms with Crippen LogP contribution in [0, 0.1) is 0 Å². The lowest BCUT2D eigenvalue weighted by Crippen LogP contribution is -2.05. The van der Waals surface area contributed by atoms with E-state index in [9.17, 15) is 0 Å². The first kappa shape index (κ1) is 13.8. The van der Waals surface area contributed by atoms with Gasteiger partial charge in [-0.15, -0.1) is 11.3 Å². The van der Waals surface area contributed by atoms with E-state index in [0.29, 0.717) is 10.0 Å². The number of thiazole rings is 1. The van der Waals surface area contributed by atoms with E-state index in [0.717, 1.165) is 27.6 Å². The number of nitrogens with two attached hydrogens (primary N) is 1. The molecule has 0 saturated heterocycles. The highest BCUT2D eigenvalue weighted by molar-refractivity contribution is 7.15. The van der Waals surface area contributed by atoms with Gasteiger partial charge < -0.3 is 5.73 Å². The normalized spacial score (nSPS) is 12.7. The van der Waals surface area contributed by atoms with E-state index in [1.165, 1.54) is 0 Å². The lowest BCUT2D eigenvalue weighted by molar-refractivity contribution is 0.814. The van der Waals surface area contributed by atoms with Crippen LogP contribution in [0.15, 0.2) is 18.2 Å². The van der Waals surface area contributed by atoms with Crippen molar-refractivity contribution in [3.8, 4) is 10.6 Å². The number of rotatable bonds is 3. The molecule has 96 valence electrons. The molecule has 0 bridgehead atoms. The summed E-state index contributed by atoms with van der Waals surface area (Å²) in [6, 6.07) is 5.45. The molecule has 1 heterocycles. The van der Waals surface area contributed by atoms with Crippen molar-refractivity contribution in [2.75, 3.05) is 0 Å². The monoisotopic (exact) mass is 300 g/mol. The lowest BCUT2D eigenvalue weighted by atomic mass is 10.2. The average Bonchev–Trinajstić information content (AvgIpc) is 2.73. The maximum absolute atomic E-state index is 6.20. The zero-order valence-electron chi connectivity index (χ0n) is 10.2. The molecule has 1 aromatic carbocycles. The van der Waals surface area contributed by atoms with Gasteiger partial charge in [0.05, 0.1) is 10.7 Å². The van der Waals surface area contributed by atoms with Gasteiger partial charge in [-0.25, -0.2) is 4.98 Å². The van der Waals surface area contributed by atoms with Gasteiger partial charge in [0.15, 0.2) is 0 Å². The summed E-state index contributed by atoms with van der Waals surface area (Å²) >= 11 is 13.7. The molecule has 0 spiro atoms. The lowest BCUT2D eigenvalue weighted by Gasteiger charge is -2.02. The number of nitrogens with zero attached hydrogens (tertiary/aromatic N) is 1. The van der Waals surface area contributed by atoms with Crippen LogP contribution in [0.25, 0.3) is 10.6 Å². The Kier molecular flexibility index (Phi) is 4.28. The highest BCUT2D eigenvalue weighted by Crippen LogP contribution is 2.36. The van der Waals surface area contributed by atoms with Crippen molar-refractivity contribution in [2.45, 2.75) is 26.3 Å². The zero-order valence-corrected chi connectivity index (χ0v) is 12.5. The van der Waals surface area contributed by atoms with Crippen LogP contribution in [0.2, 0.25) is 10.0 Å². The number of halogens is 2. The summed E-state index contributed by atoms with van der Waals surface area (Å²) in [7, 11) is 0. The first-order chi connectivity index (χ1) is 8.52. The smallest absolute Gasteiger partial charge is 0.125 e. The molecule has 2 rings (SSSR count). The molecule has 0 radical (unpaired) electrons. The summed E-state index contributed by atoms with van der Waals surface area (Å²) in [5, 5.41) is 2.15. The standard InChI is InChI=1S/C13H14Cl2N2S/c1-3-11-12(7(2)16)18-13(17-11)9-5-4-8(14)6-10(9)15/h4-7H,3,16H2,1-2H3. The van der Waals surface area contributed by atoms with Crippen molar-refractivity contribution in [3.63, 3.8) is 0 Å². The fourth-order valence-electron chi connectivity index (χ4n) is 1.75. The van der Waals surface area contributed by atoms with Crippen LogP contribution in [-0.4, -0.2) is 4.98 Å². The quantitative estimate of drug-likeness (QED) is 0.892.